The third kappa shape index (κ3) is 6.36. The van der Waals surface area contributed by atoms with E-state index in [0.717, 1.165) is 60.0 Å². The van der Waals surface area contributed by atoms with Gasteiger partial charge in [-0.15, -0.1) is 0 Å². The van der Waals surface area contributed by atoms with Gasteiger partial charge in [0.05, 0.1) is 31.7 Å². The first-order chi connectivity index (χ1) is 15.9. The first kappa shape index (κ1) is 23.3. The van der Waals surface area contributed by atoms with Crippen molar-refractivity contribution < 1.29 is 13.9 Å². The van der Waals surface area contributed by atoms with E-state index in [4.69, 9.17) is 19.1 Å². The number of carbonyl (C=O) groups is 1. The summed E-state index contributed by atoms with van der Waals surface area (Å²) in [5, 5.41) is 3.63. The van der Waals surface area contributed by atoms with E-state index in [1.807, 2.05) is 30.3 Å². The summed E-state index contributed by atoms with van der Waals surface area (Å²) in [7, 11) is 0. The summed E-state index contributed by atoms with van der Waals surface area (Å²) in [4.78, 5) is 24.3. The Balaban J connectivity index is 1.40. The van der Waals surface area contributed by atoms with Gasteiger partial charge in [0, 0.05) is 35.9 Å². The summed E-state index contributed by atoms with van der Waals surface area (Å²) in [6, 6.07) is 13.4. The Morgan fingerprint density at radius 2 is 1.88 bits per heavy atom. The lowest BCUT2D eigenvalue weighted by atomic mass is 9.92. The van der Waals surface area contributed by atoms with Gasteiger partial charge < -0.3 is 19.4 Å². The molecule has 33 heavy (non-hydrogen) atoms. The number of furan rings is 1. The fraction of sp³-hybridized carbons (Fsp3) is 0.400. The van der Waals surface area contributed by atoms with E-state index in [-0.39, 0.29) is 11.3 Å². The molecule has 1 aliphatic heterocycles. The second-order valence-corrected chi connectivity index (χ2v) is 9.93. The smallest absolute Gasteiger partial charge is 0.251 e. The molecule has 0 unspecified atom stereocenters. The fourth-order valence-corrected chi connectivity index (χ4v) is 4.21. The van der Waals surface area contributed by atoms with Gasteiger partial charge in [0.15, 0.2) is 5.16 Å². The van der Waals surface area contributed by atoms with Crippen LogP contribution in [0.5, 0.6) is 0 Å². The minimum absolute atomic E-state index is 0.0655. The number of ether oxygens (including phenoxy) is 1. The number of nitrogens with zero attached hydrogens (tertiary/aromatic N) is 3. The lowest BCUT2D eigenvalue weighted by molar-refractivity contribution is 0.0948. The monoisotopic (exact) mass is 466 g/mol. The van der Waals surface area contributed by atoms with Crippen molar-refractivity contribution in [3.05, 3.63) is 71.3 Å². The van der Waals surface area contributed by atoms with Crippen molar-refractivity contribution in [2.45, 2.75) is 43.6 Å². The number of amides is 1. The van der Waals surface area contributed by atoms with Crippen molar-refractivity contribution in [1.29, 1.82) is 0 Å². The highest BCUT2D eigenvalue weighted by molar-refractivity contribution is 7.98. The molecule has 4 rings (SSSR count). The van der Waals surface area contributed by atoms with Crippen LogP contribution in [0, 0.1) is 0 Å². The molecular weight excluding hydrogens is 436 g/mol. The highest BCUT2D eigenvalue weighted by Crippen LogP contribution is 2.28. The van der Waals surface area contributed by atoms with Crippen molar-refractivity contribution in [2.75, 3.05) is 31.2 Å². The Morgan fingerprint density at radius 3 is 2.55 bits per heavy atom. The van der Waals surface area contributed by atoms with Gasteiger partial charge in [0.2, 0.25) is 0 Å². The second kappa shape index (κ2) is 10.4. The van der Waals surface area contributed by atoms with Crippen LogP contribution in [0.15, 0.2) is 58.3 Å². The molecule has 1 fully saturated rings. The minimum Gasteiger partial charge on any atom is -0.467 e. The lowest BCUT2D eigenvalue weighted by Crippen LogP contribution is -2.37. The molecule has 1 amide bonds. The van der Waals surface area contributed by atoms with Crippen molar-refractivity contribution in [3.8, 4) is 0 Å². The van der Waals surface area contributed by atoms with Gasteiger partial charge in [-0.3, -0.25) is 4.79 Å². The molecule has 0 aliphatic carbocycles. The summed E-state index contributed by atoms with van der Waals surface area (Å²) < 4.78 is 10.7. The van der Waals surface area contributed by atoms with Crippen LogP contribution in [0.3, 0.4) is 0 Å². The Labute approximate surface area is 198 Å². The van der Waals surface area contributed by atoms with Crippen LogP contribution in [0.4, 0.5) is 5.82 Å². The third-order valence-electron chi connectivity index (χ3n) is 5.38. The normalized spacial score (nSPS) is 14.3. The van der Waals surface area contributed by atoms with Crippen LogP contribution in [0.2, 0.25) is 0 Å². The molecule has 8 heteroatoms. The highest BCUT2D eigenvalue weighted by Gasteiger charge is 2.21. The number of anilines is 1. The maximum absolute atomic E-state index is 12.4. The quantitative estimate of drug-likeness (QED) is 0.408. The number of carbonyl (C=O) groups excluding carboxylic acids is 1. The SMILES string of the molecule is CC(C)(C)c1cc(N2CCOCC2)nc(SCc2ccc(C(=O)NCc3ccco3)cc2)n1. The van der Waals surface area contributed by atoms with E-state index in [9.17, 15) is 4.79 Å². The molecule has 0 spiro atoms. The second-order valence-electron chi connectivity index (χ2n) is 8.99. The molecule has 1 saturated heterocycles. The third-order valence-corrected chi connectivity index (χ3v) is 6.30. The van der Waals surface area contributed by atoms with Crippen LogP contribution < -0.4 is 10.2 Å². The van der Waals surface area contributed by atoms with Gasteiger partial charge in [-0.05, 0) is 29.8 Å². The number of benzene rings is 1. The molecule has 3 aromatic rings. The van der Waals surface area contributed by atoms with Crippen LogP contribution in [-0.2, 0) is 22.4 Å². The van der Waals surface area contributed by atoms with Gasteiger partial charge in [-0.25, -0.2) is 9.97 Å². The Hall–Kier alpha value is -2.84. The summed E-state index contributed by atoms with van der Waals surface area (Å²) in [6.07, 6.45) is 1.60. The van der Waals surface area contributed by atoms with Gasteiger partial charge >= 0.3 is 0 Å². The highest BCUT2D eigenvalue weighted by atomic mass is 32.2. The molecule has 7 nitrogen and oxygen atoms in total. The van der Waals surface area contributed by atoms with E-state index in [2.05, 4.69) is 37.1 Å². The van der Waals surface area contributed by atoms with E-state index in [1.54, 1.807) is 24.1 Å². The fourth-order valence-electron chi connectivity index (χ4n) is 3.40. The summed E-state index contributed by atoms with van der Waals surface area (Å²) in [6.45, 7) is 10.0. The molecule has 1 aliphatic rings. The molecule has 2 aromatic heterocycles. The van der Waals surface area contributed by atoms with Crippen molar-refractivity contribution in [2.24, 2.45) is 0 Å². The summed E-state index contributed by atoms with van der Waals surface area (Å²) in [5.41, 5.74) is 2.70. The van der Waals surface area contributed by atoms with E-state index >= 15 is 0 Å². The predicted octanol–water partition coefficient (Wildman–Crippen LogP) is 4.43. The molecule has 174 valence electrons. The van der Waals surface area contributed by atoms with Gasteiger partial charge in [0.25, 0.3) is 5.91 Å². The summed E-state index contributed by atoms with van der Waals surface area (Å²) >= 11 is 1.61. The predicted molar refractivity (Wildman–Crippen MR) is 130 cm³/mol. The molecule has 1 aromatic carbocycles. The average Bonchev–Trinajstić information content (AvgIpc) is 3.35. The molecule has 0 atom stereocenters. The van der Waals surface area contributed by atoms with Crippen LogP contribution in [0.1, 0.15) is 48.1 Å². The zero-order valence-electron chi connectivity index (χ0n) is 19.3. The zero-order chi connectivity index (χ0) is 23.3. The van der Waals surface area contributed by atoms with E-state index in [1.165, 1.54) is 0 Å². The molecule has 1 N–H and O–H groups in total. The Kier molecular flexibility index (Phi) is 7.35. The number of thioether (sulfide) groups is 1. The Bertz CT molecular complexity index is 1060. The number of hydrogen-bond donors (Lipinski definition) is 1. The maximum atomic E-state index is 12.4. The van der Waals surface area contributed by atoms with E-state index in [0.29, 0.717) is 12.1 Å². The lowest BCUT2D eigenvalue weighted by Gasteiger charge is -2.29. The minimum atomic E-state index is -0.123. The maximum Gasteiger partial charge on any atom is 0.251 e. The standard InChI is InChI=1S/C25H30N4O3S/c1-25(2,3)21-15-22(29-10-13-31-14-11-29)28-24(27-21)33-17-18-6-8-19(9-7-18)23(30)26-16-20-5-4-12-32-20/h4-9,12,15H,10-11,13-14,16-17H2,1-3H3,(H,26,30). The number of nitrogens with one attached hydrogen (secondary N) is 1. The van der Waals surface area contributed by atoms with Crippen molar-refractivity contribution in [1.82, 2.24) is 15.3 Å². The topological polar surface area (TPSA) is 80.5 Å². The number of rotatable bonds is 7. The molecule has 0 bridgehead atoms. The van der Waals surface area contributed by atoms with Crippen molar-refractivity contribution >= 4 is 23.5 Å². The molecule has 3 heterocycles. The van der Waals surface area contributed by atoms with Gasteiger partial charge in [0.1, 0.15) is 11.6 Å². The largest absolute Gasteiger partial charge is 0.467 e. The van der Waals surface area contributed by atoms with Crippen LogP contribution in [-0.4, -0.2) is 42.2 Å². The van der Waals surface area contributed by atoms with Crippen molar-refractivity contribution in [3.63, 3.8) is 0 Å². The first-order valence-corrected chi connectivity index (χ1v) is 12.1. The average molecular weight is 467 g/mol. The van der Waals surface area contributed by atoms with E-state index < -0.39 is 0 Å². The molecular formula is C25H30N4O3S. The van der Waals surface area contributed by atoms with Gasteiger partial charge in [-0.2, -0.15) is 0 Å². The summed E-state index contributed by atoms with van der Waals surface area (Å²) in [5.74, 6) is 2.29. The first-order valence-electron chi connectivity index (χ1n) is 11.1. The molecule has 0 saturated carbocycles. The number of hydrogen-bond acceptors (Lipinski definition) is 7. The number of aromatic nitrogens is 2. The Morgan fingerprint density at radius 1 is 1.12 bits per heavy atom. The number of morpholine rings is 1. The van der Waals surface area contributed by atoms with Gasteiger partial charge in [-0.1, -0.05) is 44.7 Å². The molecule has 0 radical (unpaired) electrons. The van der Waals surface area contributed by atoms with Crippen LogP contribution in [0.25, 0.3) is 0 Å². The van der Waals surface area contributed by atoms with Crippen LogP contribution >= 0.6 is 11.8 Å². The zero-order valence-corrected chi connectivity index (χ0v) is 20.2.